The molecular weight excluding hydrogens is 301 g/mol. The van der Waals surface area contributed by atoms with Gasteiger partial charge in [-0.25, -0.2) is 4.68 Å². The van der Waals surface area contributed by atoms with Gasteiger partial charge >= 0.3 is 0 Å². The third-order valence-electron chi connectivity index (χ3n) is 3.71. The highest BCUT2D eigenvalue weighted by atomic mass is 35.5. The Morgan fingerprint density at radius 1 is 1.35 bits per heavy atom. The van der Waals surface area contributed by atoms with Crippen molar-refractivity contribution in [3.63, 3.8) is 0 Å². The van der Waals surface area contributed by atoms with Crippen LogP contribution in [-0.4, -0.2) is 32.7 Å². The van der Waals surface area contributed by atoms with E-state index in [1.54, 1.807) is 0 Å². The number of piperidine rings is 1. The van der Waals surface area contributed by atoms with Gasteiger partial charge in [0.25, 0.3) is 5.56 Å². The number of aromatic nitrogens is 2. The summed E-state index contributed by atoms with van der Waals surface area (Å²) in [6, 6.07) is 0.370. The molecule has 0 aliphatic carbocycles. The molecule has 2 heterocycles. The Balaban J connectivity index is 2.19. The topological polar surface area (TPSA) is 55.2 Å². The fourth-order valence-electron chi connectivity index (χ4n) is 2.68. The number of likely N-dealkylation sites (tertiary alicyclic amines) is 1. The lowest BCUT2D eigenvalue weighted by Gasteiger charge is -2.39. The van der Waals surface area contributed by atoms with Crippen molar-refractivity contribution < 1.29 is 4.79 Å². The molecule has 0 radical (unpaired) electrons. The summed E-state index contributed by atoms with van der Waals surface area (Å²) < 4.78 is 1.06. The zero-order chi connectivity index (χ0) is 14.9. The van der Waals surface area contributed by atoms with Crippen LogP contribution in [0, 0.1) is 0 Å². The molecule has 2 rings (SSSR count). The van der Waals surface area contributed by atoms with E-state index in [9.17, 15) is 9.59 Å². The molecule has 20 heavy (non-hydrogen) atoms. The standard InChI is InChI=1S/C13H17Cl2N3O2/c1-8-4-3-5-9(2)18(8)11(19)7-17-13(20)12(15)10(14)6-16-17/h6,8-9H,3-5,7H2,1-2H3/t8-,9-/m1/s1. The average molecular weight is 318 g/mol. The van der Waals surface area contributed by atoms with E-state index in [1.807, 2.05) is 18.7 Å². The van der Waals surface area contributed by atoms with Crippen LogP contribution in [0.4, 0.5) is 0 Å². The van der Waals surface area contributed by atoms with Gasteiger partial charge in [-0.1, -0.05) is 23.2 Å². The van der Waals surface area contributed by atoms with Gasteiger partial charge in [0, 0.05) is 12.1 Å². The van der Waals surface area contributed by atoms with E-state index in [-0.39, 0.29) is 34.6 Å². The third-order valence-corrected chi connectivity index (χ3v) is 4.46. The Bertz CT molecular complexity index is 563. The minimum absolute atomic E-state index is 0.0973. The maximum Gasteiger partial charge on any atom is 0.287 e. The van der Waals surface area contributed by atoms with Crippen molar-refractivity contribution in [2.24, 2.45) is 0 Å². The van der Waals surface area contributed by atoms with Crippen LogP contribution >= 0.6 is 23.2 Å². The molecule has 2 atom stereocenters. The number of halogens is 2. The van der Waals surface area contributed by atoms with E-state index in [4.69, 9.17) is 23.2 Å². The molecule has 1 aromatic heterocycles. The van der Waals surface area contributed by atoms with E-state index < -0.39 is 5.56 Å². The lowest BCUT2D eigenvalue weighted by atomic mass is 9.97. The van der Waals surface area contributed by atoms with E-state index >= 15 is 0 Å². The van der Waals surface area contributed by atoms with Crippen LogP contribution in [0.1, 0.15) is 33.1 Å². The van der Waals surface area contributed by atoms with Gasteiger partial charge in [-0.3, -0.25) is 9.59 Å². The minimum Gasteiger partial charge on any atom is -0.336 e. The number of rotatable bonds is 2. The molecule has 110 valence electrons. The van der Waals surface area contributed by atoms with E-state index in [2.05, 4.69) is 5.10 Å². The van der Waals surface area contributed by atoms with Crippen molar-refractivity contribution >= 4 is 29.1 Å². The van der Waals surface area contributed by atoms with Gasteiger partial charge < -0.3 is 4.90 Å². The fraction of sp³-hybridized carbons (Fsp3) is 0.615. The van der Waals surface area contributed by atoms with Crippen LogP contribution in [0.5, 0.6) is 0 Å². The summed E-state index contributed by atoms with van der Waals surface area (Å²) in [5, 5.41) is 3.86. The van der Waals surface area contributed by atoms with E-state index in [0.29, 0.717) is 0 Å². The van der Waals surface area contributed by atoms with Gasteiger partial charge in [0.1, 0.15) is 11.6 Å². The van der Waals surface area contributed by atoms with Crippen molar-refractivity contribution in [1.29, 1.82) is 0 Å². The molecule has 0 bridgehead atoms. The monoisotopic (exact) mass is 317 g/mol. The number of hydrogen-bond acceptors (Lipinski definition) is 3. The van der Waals surface area contributed by atoms with Gasteiger partial charge in [0.05, 0.1) is 11.2 Å². The van der Waals surface area contributed by atoms with Gasteiger partial charge in [0.2, 0.25) is 5.91 Å². The maximum atomic E-state index is 12.4. The summed E-state index contributed by atoms with van der Waals surface area (Å²) in [5.41, 5.74) is -0.537. The number of hydrogen-bond donors (Lipinski definition) is 0. The second-order valence-electron chi connectivity index (χ2n) is 5.20. The highest BCUT2D eigenvalue weighted by Gasteiger charge is 2.29. The average Bonchev–Trinajstić information content (AvgIpc) is 2.39. The molecular formula is C13H17Cl2N3O2. The van der Waals surface area contributed by atoms with Crippen LogP contribution in [0.15, 0.2) is 11.0 Å². The summed E-state index contributed by atoms with van der Waals surface area (Å²) in [7, 11) is 0. The molecule has 0 spiro atoms. The number of nitrogens with zero attached hydrogens (tertiary/aromatic N) is 3. The van der Waals surface area contributed by atoms with Crippen LogP contribution in [0.25, 0.3) is 0 Å². The Labute approximate surface area is 127 Å². The van der Waals surface area contributed by atoms with Gasteiger partial charge in [-0.2, -0.15) is 5.10 Å². The first-order valence-electron chi connectivity index (χ1n) is 6.64. The predicted molar refractivity (Wildman–Crippen MR) is 78.1 cm³/mol. The second-order valence-corrected chi connectivity index (χ2v) is 5.98. The Hall–Kier alpha value is -1.07. The summed E-state index contributed by atoms with van der Waals surface area (Å²) in [6.45, 7) is 3.95. The molecule has 0 aromatic carbocycles. The van der Waals surface area contributed by atoms with Crippen LogP contribution < -0.4 is 5.56 Å². The van der Waals surface area contributed by atoms with Gasteiger partial charge in [0.15, 0.2) is 0 Å². The number of amides is 1. The maximum absolute atomic E-state index is 12.4. The lowest BCUT2D eigenvalue weighted by Crippen LogP contribution is -2.49. The minimum atomic E-state index is -0.537. The smallest absolute Gasteiger partial charge is 0.287 e. The molecule has 1 amide bonds. The first kappa shape index (κ1) is 15.3. The molecule has 1 fully saturated rings. The third kappa shape index (κ3) is 2.99. The van der Waals surface area contributed by atoms with Crippen molar-refractivity contribution in [1.82, 2.24) is 14.7 Å². The highest BCUT2D eigenvalue weighted by Crippen LogP contribution is 2.22. The zero-order valence-corrected chi connectivity index (χ0v) is 13.0. The summed E-state index contributed by atoms with van der Waals surface area (Å²) in [4.78, 5) is 26.1. The van der Waals surface area contributed by atoms with E-state index in [0.717, 1.165) is 23.9 Å². The second kappa shape index (κ2) is 6.14. The highest BCUT2D eigenvalue weighted by molar-refractivity contribution is 6.41. The summed E-state index contributed by atoms with van der Waals surface area (Å²) >= 11 is 11.5. The van der Waals surface area contributed by atoms with Gasteiger partial charge in [-0.05, 0) is 33.1 Å². The molecule has 0 unspecified atom stereocenters. The number of carbonyl (C=O) groups excluding carboxylic acids is 1. The normalized spacial score (nSPS) is 22.9. The Kier molecular flexibility index (Phi) is 4.70. The van der Waals surface area contributed by atoms with E-state index in [1.165, 1.54) is 6.20 Å². The molecule has 1 saturated heterocycles. The molecule has 0 N–H and O–H groups in total. The van der Waals surface area contributed by atoms with Crippen molar-refractivity contribution in [2.75, 3.05) is 0 Å². The number of carbonyl (C=O) groups is 1. The molecule has 1 aliphatic heterocycles. The first-order valence-corrected chi connectivity index (χ1v) is 7.39. The summed E-state index contributed by atoms with van der Waals surface area (Å²) in [5.74, 6) is -0.113. The van der Waals surface area contributed by atoms with Crippen LogP contribution in [-0.2, 0) is 11.3 Å². The molecule has 0 saturated carbocycles. The largest absolute Gasteiger partial charge is 0.336 e. The van der Waals surface area contributed by atoms with Crippen molar-refractivity contribution in [2.45, 2.75) is 51.7 Å². The molecule has 1 aromatic rings. The predicted octanol–water partition coefficient (Wildman–Crippen LogP) is 2.34. The molecule has 7 heteroatoms. The first-order chi connectivity index (χ1) is 9.41. The van der Waals surface area contributed by atoms with Crippen molar-refractivity contribution in [3.05, 3.63) is 26.6 Å². The van der Waals surface area contributed by atoms with Crippen LogP contribution in [0.2, 0.25) is 10.0 Å². The quantitative estimate of drug-likeness (QED) is 0.841. The fourth-order valence-corrected chi connectivity index (χ4v) is 2.95. The van der Waals surface area contributed by atoms with Gasteiger partial charge in [-0.15, -0.1) is 0 Å². The van der Waals surface area contributed by atoms with Crippen molar-refractivity contribution in [3.8, 4) is 0 Å². The molecule has 5 nitrogen and oxygen atoms in total. The van der Waals surface area contributed by atoms with Crippen LogP contribution in [0.3, 0.4) is 0 Å². The summed E-state index contributed by atoms with van der Waals surface area (Å²) in [6.07, 6.45) is 4.37. The Morgan fingerprint density at radius 2 is 1.95 bits per heavy atom. The molecule has 1 aliphatic rings. The lowest BCUT2D eigenvalue weighted by molar-refractivity contribution is -0.138. The zero-order valence-electron chi connectivity index (χ0n) is 11.5. The SMILES string of the molecule is C[C@@H]1CCC[C@@H](C)N1C(=O)Cn1ncc(Cl)c(Cl)c1=O. The Morgan fingerprint density at radius 3 is 2.55 bits per heavy atom.